The number of rotatable bonds is 7. The van der Waals surface area contributed by atoms with Crippen molar-refractivity contribution in [1.29, 1.82) is 0 Å². The summed E-state index contributed by atoms with van der Waals surface area (Å²) in [6.07, 6.45) is 7.12. The number of anilines is 1. The summed E-state index contributed by atoms with van der Waals surface area (Å²) >= 11 is 0. The first-order valence-electron chi connectivity index (χ1n) is 9.48. The summed E-state index contributed by atoms with van der Waals surface area (Å²) in [6, 6.07) is 10.8. The molecule has 1 aromatic carbocycles. The third-order valence-electron chi connectivity index (χ3n) is 4.86. The van der Waals surface area contributed by atoms with Crippen LogP contribution in [-0.4, -0.2) is 29.9 Å². The highest BCUT2D eigenvalue weighted by atomic mass is 35.5. The number of nitrogens with one attached hydrogen (secondary N) is 3. The van der Waals surface area contributed by atoms with Crippen molar-refractivity contribution in [1.82, 2.24) is 15.6 Å². The Hall–Kier alpha value is -2.15. The summed E-state index contributed by atoms with van der Waals surface area (Å²) in [6.45, 7) is 2.61. The molecule has 158 valence electrons. The predicted octanol–water partition coefficient (Wildman–Crippen LogP) is 3.57. The molecular formula is C21H28Cl2N4O2. The Morgan fingerprint density at radius 3 is 2.45 bits per heavy atom. The van der Waals surface area contributed by atoms with E-state index in [-0.39, 0.29) is 36.6 Å². The van der Waals surface area contributed by atoms with Gasteiger partial charge in [0.2, 0.25) is 5.91 Å². The van der Waals surface area contributed by atoms with Gasteiger partial charge in [0.25, 0.3) is 5.91 Å². The van der Waals surface area contributed by atoms with Gasteiger partial charge in [0.15, 0.2) is 0 Å². The van der Waals surface area contributed by atoms with Gasteiger partial charge in [-0.2, -0.15) is 0 Å². The van der Waals surface area contributed by atoms with Gasteiger partial charge >= 0.3 is 0 Å². The first-order valence-corrected chi connectivity index (χ1v) is 9.48. The third-order valence-corrected chi connectivity index (χ3v) is 4.86. The molecule has 29 heavy (non-hydrogen) atoms. The van der Waals surface area contributed by atoms with E-state index in [0.29, 0.717) is 30.1 Å². The maximum Gasteiger partial charge on any atom is 0.255 e. The van der Waals surface area contributed by atoms with Crippen LogP contribution in [0.25, 0.3) is 0 Å². The van der Waals surface area contributed by atoms with Gasteiger partial charge in [-0.25, -0.2) is 0 Å². The van der Waals surface area contributed by atoms with Crippen LogP contribution in [-0.2, 0) is 11.3 Å². The van der Waals surface area contributed by atoms with E-state index in [1.807, 2.05) is 12.1 Å². The molecule has 0 spiro atoms. The molecule has 0 atom stereocenters. The van der Waals surface area contributed by atoms with Crippen LogP contribution in [0.4, 0.5) is 5.69 Å². The number of amides is 2. The number of hydrogen-bond acceptors (Lipinski definition) is 4. The molecular weight excluding hydrogens is 411 g/mol. The molecule has 1 aliphatic heterocycles. The third kappa shape index (κ3) is 8.40. The van der Waals surface area contributed by atoms with E-state index in [4.69, 9.17) is 0 Å². The zero-order valence-electron chi connectivity index (χ0n) is 16.2. The second-order valence-corrected chi connectivity index (χ2v) is 6.90. The second-order valence-electron chi connectivity index (χ2n) is 6.90. The zero-order chi connectivity index (χ0) is 18.9. The van der Waals surface area contributed by atoms with E-state index in [2.05, 4.69) is 20.9 Å². The van der Waals surface area contributed by atoms with Crippen LogP contribution in [0.2, 0.25) is 0 Å². The smallest absolute Gasteiger partial charge is 0.255 e. The monoisotopic (exact) mass is 438 g/mol. The van der Waals surface area contributed by atoms with Crippen molar-refractivity contribution < 1.29 is 9.59 Å². The van der Waals surface area contributed by atoms with E-state index < -0.39 is 0 Å². The second kappa shape index (κ2) is 13.1. The maximum atomic E-state index is 12.2. The molecule has 2 aromatic rings. The zero-order valence-corrected chi connectivity index (χ0v) is 17.9. The summed E-state index contributed by atoms with van der Waals surface area (Å²) < 4.78 is 0. The standard InChI is InChI=1S/C21H26N4O2.2ClH/c26-20(8-5-16-9-12-22-13-10-16)24-14-17-3-6-18(7-4-17)21(27)25-19-2-1-11-23-15-19;;/h1-4,6-7,11,15-16,22H,5,8-10,12-14H2,(H,24,26)(H,25,27);2*1H. The molecule has 1 aromatic heterocycles. The van der Waals surface area contributed by atoms with Crippen LogP contribution in [0.1, 0.15) is 41.6 Å². The summed E-state index contributed by atoms with van der Waals surface area (Å²) in [7, 11) is 0. The SMILES string of the molecule is Cl.Cl.O=C(CCC1CCNCC1)NCc1ccc(C(=O)Nc2cccnc2)cc1. The van der Waals surface area contributed by atoms with Crippen molar-refractivity contribution >= 4 is 42.3 Å². The number of pyridine rings is 1. The van der Waals surface area contributed by atoms with Gasteiger partial charge < -0.3 is 16.0 Å². The first kappa shape index (κ1) is 24.9. The number of halogens is 2. The average Bonchev–Trinajstić information content (AvgIpc) is 2.72. The van der Waals surface area contributed by atoms with Crippen LogP contribution < -0.4 is 16.0 Å². The number of aromatic nitrogens is 1. The Morgan fingerprint density at radius 1 is 1.07 bits per heavy atom. The Balaban J connectivity index is 0.00000210. The number of carbonyl (C=O) groups is 2. The van der Waals surface area contributed by atoms with Gasteiger partial charge in [-0.3, -0.25) is 14.6 Å². The summed E-state index contributed by atoms with van der Waals surface area (Å²) in [4.78, 5) is 28.2. The van der Waals surface area contributed by atoms with Gasteiger partial charge in [-0.1, -0.05) is 12.1 Å². The number of carbonyl (C=O) groups excluding carboxylic acids is 2. The molecule has 0 aliphatic carbocycles. The van der Waals surface area contributed by atoms with Crippen molar-refractivity contribution in [3.8, 4) is 0 Å². The fourth-order valence-corrected chi connectivity index (χ4v) is 3.21. The minimum absolute atomic E-state index is 0. The minimum atomic E-state index is -0.180. The lowest BCUT2D eigenvalue weighted by atomic mass is 9.93. The molecule has 0 unspecified atom stereocenters. The Kier molecular flexibility index (Phi) is 11.3. The lowest BCUT2D eigenvalue weighted by Gasteiger charge is -2.22. The molecule has 0 bridgehead atoms. The molecule has 1 saturated heterocycles. The predicted molar refractivity (Wildman–Crippen MR) is 120 cm³/mol. The Bertz CT molecular complexity index is 751. The molecule has 1 aliphatic rings. The normalized spacial score (nSPS) is 13.5. The molecule has 3 N–H and O–H groups in total. The number of nitrogens with zero attached hydrogens (tertiary/aromatic N) is 1. The van der Waals surface area contributed by atoms with Crippen LogP contribution >= 0.6 is 24.8 Å². The topological polar surface area (TPSA) is 83.1 Å². The molecule has 6 nitrogen and oxygen atoms in total. The highest BCUT2D eigenvalue weighted by molar-refractivity contribution is 6.04. The summed E-state index contributed by atoms with van der Waals surface area (Å²) in [5.41, 5.74) is 2.20. The fraction of sp³-hybridized carbons (Fsp3) is 0.381. The number of benzene rings is 1. The van der Waals surface area contributed by atoms with E-state index in [9.17, 15) is 9.59 Å². The van der Waals surface area contributed by atoms with E-state index in [1.165, 1.54) is 0 Å². The maximum absolute atomic E-state index is 12.2. The van der Waals surface area contributed by atoms with Crippen LogP contribution in [0.15, 0.2) is 48.8 Å². The van der Waals surface area contributed by atoms with Crippen molar-refractivity contribution in [2.45, 2.75) is 32.2 Å². The van der Waals surface area contributed by atoms with Crippen LogP contribution in [0.3, 0.4) is 0 Å². The number of piperidine rings is 1. The lowest BCUT2D eigenvalue weighted by molar-refractivity contribution is -0.121. The Labute approximate surface area is 184 Å². The molecule has 0 radical (unpaired) electrons. The highest BCUT2D eigenvalue weighted by Gasteiger charge is 2.14. The van der Waals surface area contributed by atoms with Crippen LogP contribution in [0.5, 0.6) is 0 Å². The van der Waals surface area contributed by atoms with Crippen LogP contribution in [0, 0.1) is 5.92 Å². The largest absolute Gasteiger partial charge is 0.352 e. The molecule has 1 fully saturated rings. The molecule has 0 saturated carbocycles. The van der Waals surface area contributed by atoms with Gasteiger partial charge in [-0.15, -0.1) is 24.8 Å². The number of hydrogen-bond donors (Lipinski definition) is 3. The highest BCUT2D eigenvalue weighted by Crippen LogP contribution is 2.17. The molecule has 8 heteroatoms. The van der Waals surface area contributed by atoms with Crippen molar-refractivity contribution in [2.24, 2.45) is 5.92 Å². The molecule has 2 amide bonds. The van der Waals surface area contributed by atoms with Crippen molar-refractivity contribution in [3.63, 3.8) is 0 Å². The summed E-state index contributed by atoms with van der Waals surface area (Å²) in [5, 5.41) is 9.11. The molecule has 2 heterocycles. The van der Waals surface area contributed by atoms with E-state index in [1.54, 1.807) is 36.7 Å². The fourth-order valence-electron chi connectivity index (χ4n) is 3.21. The van der Waals surface area contributed by atoms with Gasteiger partial charge in [0, 0.05) is 24.7 Å². The van der Waals surface area contributed by atoms with E-state index in [0.717, 1.165) is 37.9 Å². The average molecular weight is 439 g/mol. The Morgan fingerprint density at radius 2 is 1.79 bits per heavy atom. The quantitative estimate of drug-likeness (QED) is 0.616. The lowest BCUT2D eigenvalue weighted by Crippen LogP contribution is -2.29. The van der Waals surface area contributed by atoms with Gasteiger partial charge in [-0.05, 0) is 68.1 Å². The van der Waals surface area contributed by atoms with Gasteiger partial charge in [0.1, 0.15) is 0 Å². The van der Waals surface area contributed by atoms with Crippen molar-refractivity contribution in [3.05, 3.63) is 59.9 Å². The molecule has 3 rings (SSSR count). The first-order chi connectivity index (χ1) is 13.2. The summed E-state index contributed by atoms with van der Waals surface area (Å²) in [5.74, 6) is 0.571. The van der Waals surface area contributed by atoms with Crippen molar-refractivity contribution in [2.75, 3.05) is 18.4 Å². The van der Waals surface area contributed by atoms with Gasteiger partial charge in [0.05, 0.1) is 11.9 Å². The van der Waals surface area contributed by atoms with E-state index >= 15 is 0 Å². The minimum Gasteiger partial charge on any atom is -0.352 e.